The molecular weight excluding hydrogens is 244 g/mol. The van der Waals surface area contributed by atoms with Gasteiger partial charge >= 0.3 is 0 Å². The highest BCUT2D eigenvalue weighted by atomic mass is 16.5. The molecule has 4 N–H and O–H groups in total. The number of phenols is 1. The van der Waals surface area contributed by atoms with E-state index in [1.165, 1.54) is 6.07 Å². The summed E-state index contributed by atoms with van der Waals surface area (Å²) in [6, 6.07) is 4.48. The lowest BCUT2D eigenvalue weighted by molar-refractivity contribution is -0.0300. The van der Waals surface area contributed by atoms with Crippen LogP contribution in [0.1, 0.15) is 29.3 Å². The highest BCUT2D eigenvalue weighted by Crippen LogP contribution is 2.23. The minimum atomic E-state index is -0.178. The first-order chi connectivity index (χ1) is 9.02. The van der Waals surface area contributed by atoms with Crippen LogP contribution in [0.4, 0.5) is 0 Å². The van der Waals surface area contributed by atoms with Crippen molar-refractivity contribution in [2.75, 3.05) is 6.61 Å². The van der Waals surface area contributed by atoms with E-state index < -0.39 is 0 Å². The Labute approximate surface area is 112 Å². The molecular formula is C14H20N2O3. The van der Waals surface area contributed by atoms with Crippen molar-refractivity contribution in [3.63, 3.8) is 0 Å². The van der Waals surface area contributed by atoms with Crippen LogP contribution in [0.2, 0.25) is 0 Å². The number of phenolic OH excluding ortho intramolecular Hbond substituents is 1. The summed E-state index contributed by atoms with van der Waals surface area (Å²) in [5.74, 6) is -0.0241. The van der Waals surface area contributed by atoms with Gasteiger partial charge in [0.05, 0.1) is 12.1 Å². The van der Waals surface area contributed by atoms with Gasteiger partial charge in [-0.1, -0.05) is 0 Å². The maximum Gasteiger partial charge on any atom is 0.251 e. The Morgan fingerprint density at radius 3 is 2.89 bits per heavy atom. The Morgan fingerprint density at radius 2 is 2.32 bits per heavy atom. The summed E-state index contributed by atoms with van der Waals surface area (Å²) < 4.78 is 5.51. The Kier molecular flexibility index (Phi) is 4.07. The van der Waals surface area contributed by atoms with Gasteiger partial charge in [-0.05, 0) is 44.0 Å². The van der Waals surface area contributed by atoms with Crippen LogP contribution in [-0.4, -0.2) is 35.8 Å². The van der Waals surface area contributed by atoms with Crippen LogP contribution < -0.4 is 11.1 Å². The highest BCUT2D eigenvalue weighted by molar-refractivity contribution is 5.96. The van der Waals surface area contributed by atoms with E-state index in [1.54, 1.807) is 19.1 Å². The fraction of sp³-hybridized carbons (Fsp3) is 0.500. The lowest BCUT2D eigenvalue weighted by Gasteiger charge is -2.42. The van der Waals surface area contributed by atoms with Gasteiger partial charge in [-0.15, -0.1) is 0 Å². The van der Waals surface area contributed by atoms with Crippen LogP contribution in [0.3, 0.4) is 0 Å². The lowest BCUT2D eigenvalue weighted by atomic mass is 9.83. The van der Waals surface area contributed by atoms with E-state index in [0.29, 0.717) is 12.2 Å². The summed E-state index contributed by atoms with van der Waals surface area (Å²) in [7, 11) is 0. The largest absolute Gasteiger partial charge is 0.508 e. The van der Waals surface area contributed by atoms with Gasteiger partial charge in [0, 0.05) is 18.2 Å². The summed E-state index contributed by atoms with van der Waals surface area (Å²) in [6.45, 7) is 4.32. The molecule has 3 atom stereocenters. The van der Waals surface area contributed by atoms with E-state index >= 15 is 0 Å². The molecule has 0 aromatic heterocycles. The van der Waals surface area contributed by atoms with E-state index in [-0.39, 0.29) is 29.8 Å². The molecule has 0 radical (unpaired) electrons. The van der Waals surface area contributed by atoms with Crippen molar-refractivity contribution in [3.8, 4) is 5.75 Å². The third kappa shape index (κ3) is 2.88. The van der Waals surface area contributed by atoms with Gasteiger partial charge in [-0.25, -0.2) is 0 Å². The minimum Gasteiger partial charge on any atom is -0.508 e. The zero-order valence-electron chi connectivity index (χ0n) is 11.2. The molecule has 5 nitrogen and oxygen atoms in total. The van der Waals surface area contributed by atoms with Crippen molar-refractivity contribution in [2.45, 2.75) is 38.5 Å². The number of carbonyl (C=O) groups is 1. The van der Waals surface area contributed by atoms with Crippen molar-refractivity contribution < 1.29 is 14.6 Å². The number of aromatic hydroxyl groups is 1. The molecule has 1 fully saturated rings. The fourth-order valence-corrected chi connectivity index (χ4v) is 2.36. The third-order valence-corrected chi connectivity index (χ3v) is 3.50. The van der Waals surface area contributed by atoms with Crippen LogP contribution >= 0.6 is 0 Å². The first-order valence-electron chi connectivity index (χ1n) is 6.50. The molecule has 0 aliphatic heterocycles. The monoisotopic (exact) mass is 264 g/mol. The molecule has 1 aliphatic carbocycles. The number of aryl methyl sites for hydroxylation is 1. The zero-order valence-corrected chi connectivity index (χ0v) is 11.2. The number of nitrogens with two attached hydrogens (primary N) is 1. The summed E-state index contributed by atoms with van der Waals surface area (Å²) in [4.78, 5) is 12.2. The SMILES string of the molecule is CCOC1CC(N)C1NC(=O)c1ccc(O)cc1C. The Morgan fingerprint density at radius 1 is 1.58 bits per heavy atom. The molecule has 0 bridgehead atoms. The number of amides is 1. The summed E-state index contributed by atoms with van der Waals surface area (Å²) in [5.41, 5.74) is 7.18. The predicted octanol–water partition coefficient (Wildman–Crippen LogP) is 0.935. The Balaban J connectivity index is 2.04. The smallest absolute Gasteiger partial charge is 0.251 e. The van der Waals surface area contributed by atoms with Gasteiger partial charge < -0.3 is 20.9 Å². The van der Waals surface area contributed by atoms with E-state index in [2.05, 4.69) is 5.32 Å². The van der Waals surface area contributed by atoms with Crippen molar-refractivity contribution >= 4 is 5.91 Å². The maximum atomic E-state index is 12.2. The van der Waals surface area contributed by atoms with Gasteiger partial charge in [0.1, 0.15) is 5.75 Å². The third-order valence-electron chi connectivity index (χ3n) is 3.50. The van der Waals surface area contributed by atoms with Crippen LogP contribution in [0, 0.1) is 6.92 Å². The zero-order chi connectivity index (χ0) is 14.0. The predicted molar refractivity (Wildman–Crippen MR) is 72.1 cm³/mol. The van der Waals surface area contributed by atoms with Gasteiger partial charge in [0.15, 0.2) is 0 Å². The molecule has 0 spiro atoms. The van der Waals surface area contributed by atoms with Crippen molar-refractivity contribution in [2.24, 2.45) is 5.73 Å². The number of nitrogens with one attached hydrogen (secondary N) is 1. The topological polar surface area (TPSA) is 84.6 Å². The maximum absolute atomic E-state index is 12.2. The summed E-state index contributed by atoms with van der Waals surface area (Å²) in [6.07, 6.45) is 0.772. The van der Waals surface area contributed by atoms with Crippen LogP contribution in [0.15, 0.2) is 18.2 Å². The molecule has 1 aliphatic rings. The first kappa shape index (κ1) is 13.8. The number of hydrogen-bond donors (Lipinski definition) is 3. The van der Waals surface area contributed by atoms with Gasteiger partial charge in [0.2, 0.25) is 0 Å². The van der Waals surface area contributed by atoms with Crippen LogP contribution in [0.25, 0.3) is 0 Å². The minimum absolute atomic E-state index is 0.00127. The number of ether oxygens (including phenoxy) is 1. The second-order valence-electron chi connectivity index (χ2n) is 4.89. The molecule has 19 heavy (non-hydrogen) atoms. The van der Waals surface area contributed by atoms with Crippen molar-refractivity contribution in [1.82, 2.24) is 5.32 Å². The average molecular weight is 264 g/mol. The number of rotatable bonds is 4. The molecule has 1 aromatic rings. The molecule has 104 valence electrons. The number of benzene rings is 1. The first-order valence-corrected chi connectivity index (χ1v) is 6.50. The van der Waals surface area contributed by atoms with Gasteiger partial charge in [-0.3, -0.25) is 4.79 Å². The molecule has 0 saturated heterocycles. The second-order valence-corrected chi connectivity index (χ2v) is 4.89. The van der Waals surface area contributed by atoms with E-state index in [0.717, 1.165) is 12.0 Å². The Bertz CT molecular complexity index is 474. The standard InChI is InChI=1S/C14H20N2O3/c1-3-19-12-7-11(15)13(12)16-14(18)10-5-4-9(17)6-8(10)2/h4-6,11-13,17H,3,7,15H2,1-2H3,(H,16,18). The lowest BCUT2D eigenvalue weighted by Crippen LogP contribution is -2.64. The fourth-order valence-electron chi connectivity index (χ4n) is 2.36. The highest BCUT2D eigenvalue weighted by Gasteiger charge is 2.40. The van der Waals surface area contributed by atoms with E-state index in [4.69, 9.17) is 10.5 Å². The molecule has 1 amide bonds. The molecule has 5 heteroatoms. The molecule has 0 heterocycles. The van der Waals surface area contributed by atoms with E-state index in [1.807, 2.05) is 6.92 Å². The quantitative estimate of drug-likeness (QED) is 0.755. The van der Waals surface area contributed by atoms with Gasteiger partial charge in [-0.2, -0.15) is 0 Å². The number of hydrogen-bond acceptors (Lipinski definition) is 4. The van der Waals surface area contributed by atoms with E-state index in [9.17, 15) is 9.90 Å². The number of carbonyl (C=O) groups excluding carboxylic acids is 1. The van der Waals surface area contributed by atoms with Crippen LogP contribution in [0.5, 0.6) is 5.75 Å². The van der Waals surface area contributed by atoms with Crippen molar-refractivity contribution in [3.05, 3.63) is 29.3 Å². The molecule has 2 rings (SSSR count). The van der Waals surface area contributed by atoms with Crippen LogP contribution in [-0.2, 0) is 4.74 Å². The molecule has 1 aromatic carbocycles. The Hall–Kier alpha value is -1.59. The second kappa shape index (κ2) is 5.59. The molecule has 1 saturated carbocycles. The summed E-state index contributed by atoms with van der Waals surface area (Å²) >= 11 is 0. The normalized spacial score (nSPS) is 25.7. The summed E-state index contributed by atoms with van der Waals surface area (Å²) in [5, 5.41) is 12.2. The van der Waals surface area contributed by atoms with Crippen molar-refractivity contribution in [1.29, 1.82) is 0 Å². The average Bonchev–Trinajstić information content (AvgIpc) is 2.35. The molecule has 3 unspecified atom stereocenters. The van der Waals surface area contributed by atoms with Gasteiger partial charge in [0.25, 0.3) is 5.91 Å².